The highest BCUT2D eigenvalue weighted by Crippen LogP contribution is 2.25. The van der Waals surface area contributed by atoms with Crippen molar-refractivity contribution in [2.24, 2.45) is 0 Å². The number of nitrogens with one attached hydrogen (secondary N) is 1. The normalized spacial score (nSPS) is 17.0. The number of aromatic nitrogens is 1. The minimum atomic E-state index is -0.532. The fraction of sp³-hybridized carbons (Fsp3) is 0.444. The van der Waals surface area contributed by atoms with Crippen molar-refractivity contribution < 1.29 is 23.9 Å². The molecule has 1 N–H and O–H groups in total. The summed E-state index contributed by atoms with van der Waals surface area (Å²) in [5.74, 6) is 0.825. The van der Waals surface area contributed by atoms with Crippen LogP contribution in [0.2, 0.25) is 0 Å². The van der Waals surface area contributed by atoms with E-state index in [1.807, 2.05) is 92.5 Å². The molecule has 0 bridgehead atoms. The third-order valence-electron chi connectivity index (χ3n) is 8.84. The first-order valence-electron chi connectivity index (χ1n) is 16.4. The van der Waals surface area contributed by atoms with Gasteiger partial charge in [-0.3, -0.25) is 9.69 Å². The number of hydrogen-bond donors (Lipinski definition) is 1. The number of carbonyl (C=O) groups is 3. The van der Waals surface area contributed by atoms with E-state index in [2.05, 4.69) is 15.2 Å². The molecule has 2 saturated heterocycles. The first-order valence-corrected chi connectivity index (χ1v) is 16.4. The van der Waals surface area contributed by atoms with Crippen molar-refractivity contribution in [2.75, 3.05) is 51.1 Å². The number of nitrogens with zero attached hydrogens (tertiary/aromatic N) is 5. The van der Waals surface area contributed by atoms with Crippen LogP contribution < -0.4 is 5.32 Å². The molecule has 3 aliphatic heterocycles. The molecule has 2 aromatic carbocycles. The summed E-state index contributed by atoms with van der Waals surface area (Å²) >= 11 is 0. The zero-order valence-electron chi connectivity index (χ0n) is 27.5. The van der Waals surface area contributed by atoms with Crippen molar-refractivity contribution in [3.63, 3.8) is 0 Å². The summed E-state index contributed by atoms with van der Waals surface area (Å²) in [5, 5.41) is 3.35. The third-order valence-corrected chi connectivity index (χ3v) is 8.84. The lowest BCUT2D eigenvalue weighted by atomic mass is 10.0. The number of hydrogen-bond acceptors (Lipinski definition) is 8. The van der Waals surface area contributed by atoms with Crippen LogP contribution in [0.1, 0.15) is 43.0 Å². The molecule has 6 rings (SSSR count). The molecule has 0 aliphatic carbocycles. The smallest absolute Gasteiger partial charge is 0.410 e. The lowest BCUT2D eigenvalue weighted by molar-refractivity contribution is -0.133. The molecule has 47 heavy (non-hydrogen) atoms. The Labute approximate surface area is 276 Å². The SMILES string of the molecule is CC(C)(C)OC(=O)N1CCc2cnc(Nc3ccc(CC(=O)N4CCN(C5CN(C(=O)OCc6ccccc6)C5)CC4)cc3)cc2C1. The Kier molecular flexibility index (Phi) is 9.63. The third kappa shape index (κ3) is 8.40. The molecule has 0 unspecified atom stereocenters. The number of likely N-dealkylation sites (tertiary alicyclic amines) is 1. The number of amides is 3. The van der Waals surface area contributed by atoms with Gasteiger partial charge >= 0.3 is 12.2 Å². The number of anilines is 2. The van der Waals surface area contributed by atoms with E-state index in [0.29, 0.717) is 57.5 Å². The topological polar surface area (TPSA) is 108 Å². The molecule has 3 aromatic rings. The van der Waals surface area contributed by atoms with Crippen molar-refractivity contribution in [1.29, 1.82) is 0 Å². The minimum Gasteiger partial charge on any atom is -0.445 e. The van der Waals surface area contributed by atoms with E-state index in [9.17, 15) is 14.4 Å². The molecule has 11 nitrogen and oxygen atoms in total. The number of pyridine rings is 1. The average Bonchev–Trinajstić information content (AvgIpc) is 3.03. The number of piperazine rings is 1. The maximum absolute atomic E-state index is 13.1. The minimum absolute atomic E-state index is 0.121. The van der Waals surface area contributed by atoms with Crippen molar-refractivity contribution in [1.82, 2.24) is 24.6 Å². The van der Waals surface area contributed by atoms with Crippen LogP contribution in [0.5, 0.6) is 0 Å². The van der Waals surface area contributed by atoms with Crippen LogP contribution in [-0.2, 0) is 40.3 Å². The highest BCUT2D eigenvalue weighted by atomic mass is 16.6. The average molecular weight is 641 g/mol. The zero-order chi connectivity index (χ0) is 33.0. The fourth-order valence-electron chi connectivity index (χ4n) is 6.11. The van der Waals surface area contributed by atoms with Crippen molar-refractivity contribution in [3.8, 4) is 0 Å². The van der Waals surface area contributed by atoms with Gasteiger partial charge in [-0.1, -0.05) is 42.5 Å². The molecule has 248 valence electrons. The second-order valence-electron chi connectivity index (χ2n) is 13.5. The molecular formula is C36H44N6O5. The van der Waals surface area contributed by atoms with Gasteiger partial charge in [0.25, 0.3) is 0 Å². The van der Waals surface area contributed by atoms with Crippen molar-refractivity contribution in [2.45, 2.75) is 58.4 Å². The van der Waals surface area contributed by atoms with Crippen LogP contribution in [0.3, 0.4) is 0 Å². The van der Waals surface area contributed by atoms with E-state index in [-0.39, 0.29) is 24.7 Å². The highest BCUT2D eigenvalue weighted by molar-refractivity contribution is 5.79. The Morgan fingerprint density at radius 3 is 2.26 bits per heavy atom. The Morgan fingerprint density at radius 2 is 1.55 bits per heavy atom. The van der Waals surface area contributed by atoms with Crippen LogP contribution in [0.15, 0.2) is 66.9 Å². The van der Waals surface area contributed by atoms with Gasteiger partial charge in [-0.05, 0) is 67.6 Å². The molecule has 2 fully saturated rings. The highest BCUT2D eigenvalue weighted by Gasteiger charge is 2.37. The lowest BCUT2D eigenvalue weighted by Gasteiger charge is -2.47. The number of fused-ring (bicyclic) bond motifs is 1. The Morgan fingerprint density at radius 1 is 0.830 bits per heavy atom. The maximum atomic E-state index is 13.1. The van der Waals surface area contributed by atoms with Gasteiger partial charge in [0.15, 0.2) is 0 Å². The van der Waals surface area contributed by atoms with E-state index < -0.39 is 5.60 Å². The monoisotopic (exact) mass is 640 g/mol. The molecule has 0 atom stereocenters. The summed E-state index contributed by atoms with van der Waals surface area (Å²) < 4.78 is 11.0. The van der Waals surface area contributed by atoms with Gasteiger partial charge in [0.2, 0.25) is 5.91 Å². The largest absolute Gasteiger partial charge is 0.445 e. The number of carbonyl (C=O) groups excluding carboxylic acids is 3. The number of benzene rings is 2. The van der Waals surface area contributed by atoms with Gasteiger partial charge in [-0.15, -0.1) is 0 Å². The summed E-state index contributed by atoms with van der Waals surface area (Å²) in [5.41, 5.74) is 4.47. The summed E-state index contributed by atoms with van der Waals surface area (Å²) in [7, 11) is 0. The van der Waals surface area contributed by atoms with Gasteiger partial charge in [0, 0.05) is 70.3 Å². The summed E-state index contributed by atoms with van der Waals surface area (Å²) in [6.45, 7) is 11.3. The number of ether oxygens (including phenoxy) is 2. The number of rotatable bonds is 7. The molecule has 3 aliphatic rings. The zero-order valence-corrected chi connectivity index (χ0v) is 27.5. The molecule has 11 heteroatoms. The summed E-state index contributed by atoms with van der Waals surface area (Å²) in [4.78, 5) is 50.4. The van der Waals surface area contributed by atoms with E-state index in [4.69, 9.17) is 9.47 Å². The van der Waals surface area contributed by atoms with Gasteiger partial charge in [0.05, 0.1) is 6.42 Å². The van der Waals surface area contributed by atoms with Crippen molar-refractivity contribution in [3.05, 3.63) is 89.1 Å². The van der Waals surface area contributed by atoms with Crippen LogP contribution in [-0.4, -0.2) is 100 Å². The summed E-state index contributed by atoms with van der Waals surface area (Å²) in [6.07, 6.45) is 2.39. The van der Waals surface area contributed by atoms with Gasteiger partial charge < -0.3 is 29.5 Å². The van der Waals surface area contributed by atoms with E-state index >= 15 is 0 Å². The molecule has 0 radical (unpaired) electrons. The lowest BCUT2D eigenvalue weighted by Crippen LogP contribution is -2.64. The molecule has 3 amide bonds. The predicted molar refractivity (Wildman–Crippen MR) is 178 cm³/mol. The molecular weight excluding hydrogens is 596 g/mol. The van der Waals surface area contributed by atoms with Gasteiger partial charge in [-0.2, -0.15) is 0 Å². The molecule has 0 spiro atoms. The Balaban J connectivity index is 0.923. The van der Waals surface area contributed by atoms with E-state index in [1.54, 1.807) is 9.80 Å². The van der Waals surface area contributed by atoms with Crippen LogP contribution in [0.4, 0.5) is 21.1 Å². The van der Waals surface area contributed by atoms with Crippen LogP contribution in [0, 0.1) is 0 Å². The Hall–Kier alpha value is -4.64. The molecule has 4 heterocycles. The van der Waals surface area contributed by atoms with Crippen LogP contribution in [0.25, 0.3) is 0 Å². The summed E-state index contributed by atoms with van der Waals surface area (Å²) in [6, 6.07) is 19.9. The van der Waals surface area contributed by atoms with Crippen molar-refractivity contribution >= 4 is 29.6 Å². The fourth-order valence-corrected chi connectivity index (χ4v) is 6.11. The van der Waals surface area contributed by atoms with Crippen LogP contribution >= 0.6 is 0 Å². The predicted octanol–water partition coefficient (Wildman–Crippen LogP) is 4.83. The van der Waals surface area contributed by atoms with Gasteiger partial charge in [0.1, 0.15) is 18.0 Å². The second kappa shape index (κ2) is 14.0. The van der Waals surface area contributed by atoms with E-state index in [1.165, 1.54) is 0 Å². The standard InChI is InChI=1S/C36H44N6O5/c1-36(2,3)47-35(45)41-14-13-28-21-37-32(20-29(28)22-41)38-30-11-9-26(10-12-30)19-33(43)40-17-15-39(16-18-40)31-23-42(24-31)34(44)46-25-27-7-5-4-6-8-27/h4-12,20-21,31H,13-19,22-25H2,1-3H3,(H,37,38). The second-order valence-corrected chi connectivity index (χ2v) is 13.5. The first kappa shape index (κ1) is 32.3. The first-order chi connectivity index (χ1) is 22.6. The van der Waals surface area contributed by atoms with Gasteiger partial charge in [-0.25, -0.2) is 14.6 Å². The quantitative estimate of drug-likeness (QED) is 0.392. The Bertz CT molecular complexity index is 1560. The molecule has 1 aromatic heterocycles. The maximum Gasteiger partial charge on any atom is 0.410 e. The molecule has 0 saturated carbocycles. The van der Waals surface area contributed by atoms with E-state index in [0.717, 1.165) is 47.5 Å².